The summed E-state index contributed by atoms with van der Waals surface area (Å²) in [7, 11) is 0. The summed E-state index contributed by atoms with van der Waals surface area (Å²) in [4.78, 5) is 9.24. The van der Waals surface area contributed by atoms with Crippen molar-refractivity contribution < 1.29 is 0 Å². The van der Waals surface area contributed by atoms with Gasteiger partial charge in [-0.05, 0) is 44.7 Å². The Morgan fingerprint density at radius 3 is 2.88 bits per heavy atom. The van der Waals surface area contributed by atoms with Gasteiger partial charge in [0.1, 0.15) is 5.82 Å². The number of aryl methyl sites for hydroxylation is 1. The van der Waals surface area contributed by atoms with Gasteiger partial charge >= 0.3 is 0 Å². The van der Waals surface area contributed by atoms with Gasteiger partial charge in [0.2, 0.25) is 0 Å². The maximum atomic E-state index is 4.69. The van der Waals surface area contributed by atoms with Crippen LogP contribution in [0.25, 0.3) is 0 Å². The third-order valence-electron chi connectivity index (χ3n) is 3.16. The first-order valence-electron chi connectivity index (χ1n) is 6.70. The molecule has 1 N–H and O–H groups in total. The van der Waals surface area contributed by atoms with E-state index in [0.717, 1.165) is 30.9 Å². The predicted molar refractivity (Wildman–Crippen MR) is 70.0 cm³/mol. The lowest BCUT2D eigenvalue weighted by Gasteiger charge is -2.11. The summed E-state index contributed by atoms with van der Waals surface area (Å²) in [6, 6.07) is 2.70. The van der Waals surface area contributed by atoms with Gasteiger partial charge in [0.05, 0.1) is 0 Å². The first-order valence-corrected chi connectivity index (χ1v) is 6.70. The molecule has 0 aromatic carbocycles. The predicted octanol–water partition coefficient (Wildman–Crippen LogP) is 2.28. The molecule has 3 nitrogen and oxygen atoms in total. The number of aromatic nitrogens is 2. The Labute approximate surface area is 104 Å². The van der Waals surface area contributed by atoms with Crippen LogP contribution in [0.1, 0.15) is 43.9 Å². The van der Waals surface area contributed by atoms with Crippen molar-refractivity contribution in [3.05, 3.63) is 23.3 Å². The lowest BCUT2D eigenvalue weighted by Crippen LogP contribution is -2.25. The molecule has 94 valence electrons. The van der Waals surface area contributed by atoms with E-state index in [9.17, 15) is 0 Å². The molecule has 2 rings (SSSR count). The highest BCUT2D eigenvalue weighted by Crippen LogP contribution is 2.12. The van der Waals surface area contributed by atoms with Crippen molar-refractivity contribution in [3.63, 3.8) is 0 Å². The highest BCUT2D eigenvalue weighted by atomic mass is 15.0. The third kappa shape index (κ3) is 3.77. The van der Waals surface area contributed by atoms with Crippen LogP contribution in [0.4, 0.5) is 0 Å². The summed E-state index contributed by atoms with van der Waals surface area (Å²) >= 11 is 0. The quantitative estimate of drug-likeness (QED) is 0.867. The molecule has 0 radical (unpaired) electrons. The molecule has 3 heteroatoms. The van der Waals surface area contributed by atoms with Crippen molar-refractivity contribution in [1.82, 2.24) is 15.3 Å². The fraction of sp³-hybridized carbons (Fsp3) is 0.714. The molecule has 1 aliphatic rings. The number of nitrogens with one attached hydrogen (secondary N) is 1. The molecule has 1 saturated heterocycles. The SMILES string of the molecule is Cc1cc(CC(C)C)nc(CC2CCCN2)n1. The van der Waals surface area contributed by atoms with Crippen LogP contribution in [0.3, 0.4) is 0 Å². The van der Waals surface area contributed by atoms with E-state index >= 15 is 0 Å². The van der Waals surface area contributed by atoms with Crippen LogP contribution in [0.15, 0.2) is 6.07 Å². The Balaban J connectivity index is 2.07. The fourth-order valence-electron chi connectivity index (χ4n) is 2.47. The van der Waals surface area contributed by atoms with Crippen molar-refractivity contribution in [3.8, 4) is 0 Å². The minimum Gasteiger partial charge on any atom is -0.314 e. The summed E-state index contributed by atoms with van der Waals surface area (Å²) in [5.74, 6) is 1.67. The lowest BCUT2D eigenvalue weighted by molar-refractivity contribution is 0.575. The molecule has 2 heterocycles. The second-order valence-electron chi connectivity index (χ2n) is 5.51. The summed E-state index contributed by atoms with van der Waals surface area (Å²) in [5, 5.41) is 3.50. The van der Waals surface area contributed by atoms with E-state index in [4.69, 9.17) is 0 Å². The lowest BCUT2D eigenvalue weighted by atomic mass is 10.1. The van der Waals surface area contributed by atoms with Crippen LogP contribution in [0.2, 0.25) is 0 Å². The molecule has 1 aromatic heterocycles. The Morgan fingerprint density at radius 1 is 1.41 bits per heavy atom. The van der Waals surface area contributed by atoms with Crippen LogP contribution in [0, 0.1) is 12.8 Å². The standard InChI is InChI=1S/C14H23N3/c1-10(2)7-13-8-11(3)16-14(17-13)9-12-5-4-6-15-12/h8,10,12,15H,4-7,9H2,1-3H3. The molecule has 0 amide bonds. The van der Waals surface area contributed by atoms with Crippen molar-refractivity contribution >= 4 is 0 Å². The van der Waals surface area contributed by atoms with Crippen molar-refractivity contribution in [2.45, 2.75) is 52.5 Å². The highest BCUT2D eigenvalue weighted by molar-refractivity contribution is 5.11. The molecule has 1 atom stereocenters. The van der Waals surface area contributed by atoms with E-state index in [0.29, 0.717) is 12.0 Å². The number of hydrogen-bond donors (Lipinski definition) is 1. The van der Waals surface area contributed by atoms with E-state index in [-0.39, 0.29) is 0 Å². The Morgan fingerprint density at radius 2 is 2.24 bits per heavy atom. The Kier molecular flexibility index (Phi) is 4.11. The van der Waals surface area contributed by atoms with Crippen LogP contribution in [-0.2, 0) is 12.8 Å². The van der Waals surface area contributed by atoms with Crippen molar-refractivity contribution in [1.29, 1.82) is 0 Å². The van der Waals surface area contributed by atoms with Gasteiger partial charge in [-0.2, -0.15) is 0 Å². The molecule has 0 saturated carbocycles. The van der Waals surface area contributed by atoms with Crippen molar-refractivity contribution in [2.75, 3.05) is 6.54 Å². The molecule has 1 aromatic rings. The Hall–Kier alpha value is -0.960. The van der Waals surface area contributed by atoms with E-state index in [1.165, 1.54) is 18.5 Å². The van der Waals surface area contributed by atoms with Gasteiger partial charge < -0.3 is 5.32 Å². The van der Waals surface area contributed by atoms with E-state index in [1.807, 2.05) is 0 Å². The third-order valence-corrected chi connectivity index (χ3v) is 3.16. The van der Waals surface area contributed by atoms with Crippen LogP contribution in [0.5, 0.6) is 0 Å². The maximum Gasteiger partial charge on any atom is 0.130 e. The number of hydrogen-bond acceptors (Lipinski definition) is 3. The van der Waals surface area contributed by atoms with Gasteiger partial charge in [0, 0.05) is 23.9 Å². The fourth-order valence-corrected chi connectivity index (χ4v) is 2.47. The molecule has 0 aliphatic carbocycles. The van der Waals surface area contributed by atoms with Gasteiger partial charge in [-0.3, -0.25) is 0 Å². The van der Waals surface area contributed by atoms with Crippen molar-refractivity contribution in [2.24, 2.45) is 5.92 Å². The topological polar surface area (TPSA) is 37.8 Å². The normalized spacial score (nSPS) is 20.1. The monoisotopic (exact) mass is 233 g/mol. The first-order chi connectivity index (χ1) is 8.13. The second-order valence-corrected chi connectivity index (χ2v) is 5.51. The average molecular weight is 233 g/mol. The molecule has 0 bridgehead atoms. The molecule has 1 unspecified atom stereocenters. The molecule has 1 fully saturated rings. The Bertz CT molecular complexity index is 368. The highest BCUT2D eigenvalue weighted by Gasteiger charge is 2.16. The van der Waals surface area contributed by atoms with E-state index in [1.54, 1.807) is 0 Å². The minimum atomic E-state index is 0.587. The van der Waals surface area contributed by atoms with E-state index in [2.05, 4.69) is 42.1 Å². The average Bonchev–Trinajstić information content (AvgIpc) is 2.67. The van der Waals surface area contributed by atoms with Gasteiger partial charge in [-0.15, -0.1) is 0 Å². The zero-order chi connectivity index (χ0) is 12.3. The van der Waals surface area contributed by atoms with Gasteiger partial charge in [0.15, 0.2) is 0 Å². The maximum absolute atomic E-state index is 4.69. The summed E-state index contributed by atoms with van der Waals surface area (Å²) in [6.07, 6.45) is 4.58. The molecular formula is C14H23N3. The van der Waals surface area contributed by atoms with Gasteiger partial charge in [-0.1, -0.05) is 13.8 Å². The number of nitrogens with zero attached hydrogens (tertiary/aromatic N) is 2. The molecular weight excluding hydrogens is 210 g/mol. The zero-order valence-corrected chi connectivity index (χ0v) is 11.2. The minimum absolute atomic E-state index is 0.587. The van der Waals surface area contributed by atoms with Crippen LogP contribution >= 0.6 is 0 Å². The largest absolute Gasteiger partial charge is 0.314 e. The second kappa shape index (κ2) is 5.58. The van der Waals surface area contributed by atoms with E-state index < -0.39 is 0 Å². The summed E-state index contributed by atoms with van der Waals surface area (Å²) in [5.41, 5.74) is 2.30. The van der Waals surface area contributed by atoms with Crippen LogP contribution in [-0.4, -0.2) is 22.6 Å². The smallest absolute Gasteiger partial charge is 0.130 e. The van der Waals surface area contributed by atoms with Gasteiger partial charge in [-0.25, -0.2) is 9.97 Å². The summed E-state index contributed by atoms with van der Waals surface area (Å²) < 4.78 is 0. The summed E-state index contributed by atoms with van der Waals surface area (Å²) in [6.45, 7) is 7.68. The first kappa shape index (κ1) is 12.5. The molecule has 1 aliphatic heterocycles. The van der Waals surface area contributed by atoms with Crippen LogP contribution < -0.4 is 5.32 Å². The number of rotatable bonds is 4. The molecule has 17 heavy (non-hydrogen) atoms. The van der Waals surface area contributed by atoms with Gasteiger partial charge in [0.25, 0.3) is 0 Å². The molecule has 0 spiro atoms. The zero-order valence-electron chi connectivity index (χ0n) is 11.2.